The van der Waals surface area contributed by atoms with Crippen LogP contribution in [0.25, 0.3) is 0 Å². The molecular formula is C6H11N5O2. The van der Waals surface area contributed by atoms with Crippen LogP contribution in [0.2, 0.25) is 0 Å². The van der Waals surface area contributed by atoms with E-state index >= 15 is 0 Å². The fraction of sp³-hybridized carbons (Fsp3) is 0.333. The van der Waals surface area contributed by atoms with Crippen molar-refractivity contribution in [2.24, 2.45) is 5.84 Å². The number of nitrogens with two attached hydrogens (primary N) is 2. The molecule has 0 bridgehead atoms. The Morgan fingerprint density at radius 2 is 2.46 bits per heavy atom. The number of aromatic carboxylic acids is 1. The van der Waals surface area contributed by atoms with E-state index < -0.39 is 5.97 Å². The third kappa shape index (κ3) is 1.95. The van der Waals surface area contributed by atoms with Crippen LogP contribution in [0.15, 0.2) is 6.20 Å². The largest absolute Gasteiger partial charge is 0.476 e. The van der Waals surface area contributed by atoms with Gasteiger partial charge in [0, 0.05) is 6.54 Å². The number of carbonyl (C=O) groups is 1. The third-order valence-corrected chi connectivity index (χ3v) is 1.54. The van der Waals surface area contributed by atoms with Crippen molar-refractivity contribution in [1.29, 1.82) is 0 Å². The van der Waals surface area contributed by atoms with Gasteiger partial charge in [0.15, 0.2) is 5.69 Å². The summed E-state index contributed by atoms with van der Waals surface area (Å²) in [5.41, 5.74) is 7.95. The summed E-state index contributed by atoms with van der Waals surface area (Å²) in [6.45, 7) is 0.802. The molecule has 6 N–H and O–H groups in total. The molecule has 7 nitrogen and oxygen atoms in total. The van der Waals surface area contributed by atoms with E-state index in [2.05, 4.69) is 10.5 Å². The first-order valence-corrected chi connectivity index (χ1v) is 3.65. The first kappa shape index (κ1) is 9.49. The highest BCUT2D eigenvalue weighted by molar-refractivity contribution is 5.91. The lowest BCUT2D eigenvalue weighted by atomic mass is 10.4. The van der Waals surface area contributed by atoms with Gasteiger partial charge in [-0.05, 0) is 0 Å². The van der Waals surface area contributed by atoms with Gasteiger partial charge < -0.3 is 10.8 Å². The molecule has 0 unspecified atom stereocenters. The maximum atomic E-state index is 10.7. The van der Waals surface area contributed by atoms with E-state index in [0.717, 1.165) is 0 Å². The van der Waals surface area contributed by atoms with E-state index in [9.17, 15) is 4.79 Å². The van der Waals surface area contributed by atoms with Crippen molar-refractivity contribution >= 4 is 11.7 Å². The summed E-state index contributed by atoms with van der Waals surface area (Å²) in [6, 6.07) is 0. The van der Waals surface area contributed by atoms with Crippen molar-refractivity contribution < 1.29 is 9.90 Å². The summed E-state index contributed by atoms with van der Waals surface area (Å²) in [5, 5.41) is 12.5. The van der Waals surface area contributed by atoms with Crippen molar-refractivity contribution in [2.45, 2.75) is 6.54 Å². The average Bonchev–Trinajstić information content (AvgIpc) is 2.43. The maximum absolute atomic E-state index is 10.7. The second-order valence-electron chi connectivity index (χ2n) is 2.43. The molecule has 0 aromatic carbocycles. The van der Waals surface area contributed by atoms with Gasteiger partial charge in [0.25, 0.3) is 0 Å². The fourth-order valence-corrected chi connectivity index (χ4v) is 0.974. The third-order valence-electron chi connectivity index (χ3n) is 1.54. The lowest BCUT2D eigenvalue weighted by Crippen LogP contribution is -2.27. The van der Waals surface area contributed by atoms with Gasteiger partial charge in [-0.3, -0.25) is 16.0 Å². The normalized spacial score (nSPS) is 10.2. The van der Waals surface area contributed by atoms with Gasteiger partial charge in [-0.2, -0.15) is 5.10 Å². The van der Waals surface area contributed by atoms with Gasteiger partial charge in [0.2, 0.25) is 0 Å². The minimum atomic E-state index is -1.09. The minimum Gasteiger partial charge on any atom is -0.476 e. The number of hydrogen-bond donors (Lipinski definition) is 4. The smallest absolute Gasteiger partial charge is 0.356 e. The highest BCUT2D eigenvalue weighted by Gasteiger charge is 2.14. The summed E-state index contributed by atoms with van der Waals surface area (Å²) in [5.74, 6) is 3.95. The van der Waals surface area contributed by atoms with Crippen molar-refractivity contribution in [3.05, 3.63) is 11.9 Å². The van der Waals surface area contributed by atoms with Gasteiger partial charge in [0.1, 0.15) is 0 Å². The molecule has 0 saturated carbocycles. The predicted molar refractivity (Wildman–Crippen MR) is 45.8 cm³/mol. The summed E-state index contributed by atoms with van der Waals surface area (Å²) >= 11 is 0. The number of carboxylic acid groups (broad SMARTS) is 1. The Balaban J connectivity index is 2.87. The fourth-order valence-electron chi connectivity index (χ4n) is 0.974. The van der Waals surface area contributed by atoms with E-state index in [1.54, 1.807) is 0 Å². The second-order valence-corrected chi connectivity index (χ2v) is 2.43. The van der Waals surface area contributed by atoms with Crippen molar-refractivity contribution in [2.75, 3.05) is 12.3 Å². The average molecular weight is 185 g/mol. The van der Waals surface area contributed by atoms with E-state index in [1.165, 1.54) is 10.9 Å². The first-order chi connectivity index (χ1) is 6.16. The van der Waals surface area contributed by atoms with Crippen LogP contribution in [0.1, 0.15) is 10.5 Å². The zero-order chi connectivity index (χ0) is 9.84. The lowest BCUT2D eigenvalue weighted by Gasteiger charge is -2.03. The number of anilines is 1. The van der Waals surface area contributed by atoms with Crippen LogP contribution in [-0.2, 0) is 6.54 Å². The van der Waals surface area contributed by atoms with Gasteiger partial charge >= 0.3 is 5.97 Å². The lowest BCUT2D eigenvalue weighted by molar-refractivity contribution is 0.0684. The van der Waals surface area contributed by atoms with Crippen molar-refractivity contribution in [1.82, 2.24) is 15.2 Å². The van der Waals surface area contributed by atoms with Crippen LogP contribution in [0, 0.1) is 0 Å². The Labute approximate surface area is 74.3 Å². The Kier molecular flexibility index (Phi) is 2.83. The van der Waals surface area contributed by atoms with E-state index in [4.69, 9.17) is 16.7 Å². The molecule has 0 fully saturated rings. The predicted octanol–water partition coefficient (Wildman–Crippen LogP) is -1.37. The Hall–Kier alpha value is -1.60. The van der Waals surface area contributed by atoms with Crippen molar-refractivity contribution in [3.8, 4) is 0 Å². The van der Waals surface area contributed by atoms with Crippen LogP contribution in [-0.4, -0.2) is 27.4 Å². The molecule has 13 heavy (non-hydrogen) atoms. The van der Waals surface area contributed by atoms with Gasteiger partial charge in [-0.1, -0.05) is 0 Å². The molecule has 1 aromatic heterocycles. The van der Waals surface area contributed by atoms with Gasteiger partial charge in [-0.15, -0.1) is 0 Å². The molecule has 7 heteroatoms. The van der Waals surface area contributed by atoms with Crippen LogP contribution >= 0.6 is 0 Å². The monoisotopic (exact) mass is 185 g/mol. The topological polar surface area (TPSA) is 119 Å². The summed E-state index contributed by atoms with van der Waals surface area (Å²) in [7, 11) is 0. The number of nitrogen functional groups attached to an aromatic ring is 1. The number of nitrogens with one attached hydrogen (secondary N) is 1. The molecule has 72 valence electrons. The van der Waals surface area contributed by atoms with E-state index in [1.807, 2.05) is 0 Å². The molecule has 0 atom stereocenters. The quantitative estimate of drug-likeness (QED) is 0.339. The van der Waals surface area contributed by atoms with Crippen LogP contribution in [0.4, 0.5) is 5.69 Å². The molecule has 0 spiro atoms. The maximum Gasteiger partial charge on any atom is 0.356 e. The summed E-state index contributed by atoms with van der Waals surface area (Å²) < 4.78 is 1.29. The molecule has 1 heterocycles. The minimum absolute atomic E-state index is 0.00440. The van der Waals surface area contributed by atoms with Gasteiger partial charge in [-0.25, -0.2) is 4.79 Å². The SMILES string of the molecule is NNCCn1ncc(N)c1C(=O)O. The zero-order valence-corrected chi connectivity index (χ0v) is 6.90. The van der Waals surface area contributed by atoms with Crippen LogP contribution in [0.5, 0.6) is 0 Å². The molecule has 0 aliphatic carbocycles. The number of hydrogen-bond acceptors (Lipinski definition) is 5. The molecule has 0 amide bonds. The number of rotatable bonds is 4. The number of hydrazine groups is 1. The highest BCUT2D eigenvalue weighted by Crippen LogP contribution is 2.09. The molecule has 1 aromatic rings. The van der Waals surface area contributed by atoms with E-state index in [0.29, 0.717) is 13.1 Å². The number of aromatic nitrogens is 2. The zero-order valence-electron chi connectivity index (χ0n) is 6.90. The standard InChI is InChI=1S/C6H11N5O2/c7-4-3-10-11(2-1-9-8)5(4)6(12)13/h3,9H,1-2,7-8H2,(H,12,13). The summed E-state index contributed by atoms with van der Waals surface area (Å²) in [6.07, 6.45) is 1.31. The van der Waals surface area contributed by atoms with Crippen LogP contribution < -0.4 is 17.0 Å². The molecular weight excluding hydrogens is 174 g/mol. The molecule has 1 rings (SSSR count). The Bertz CT molecular complexity index is 308. The van der Waals surface area contributed by atoms with Crippen LogP contribution in [0.3, 0.4) is 0 Å². The first-order valence-electron chi connectivity index (χ1n) is 3.65. The van der Waals surface area contributed by atoms with Crippen molar-refractivity contribution in [3.63, 3.8) is 0 Å². The van der Waals surface area contributed by atoms with Gasteiger partial charge in [0.05, 0.1) is 18.4 Å². The summed E-state index contributed by atoms with van der Waals surface area (Å²) in [4.78, 5) is 10.7. The Morgan fingerprint density at radius 1 is 1.77 bits per heavy atom. The molecule has 0 aliphatic heterocycles. The second kappa shape index (κ2) is 3.87. The molecule has 0 saturated heterocycles. The Morgan fingerprint density at radius 3 is 3.00 bits per heavy atom. The molecule has 0 radical (unpaired) electrons. The van der Waals surface area contributed by atoms with E-state index in [-0.39, 0.29) is 11.4 Å². The molecule has 0 aliphatic rings. The number of nitrogens with zero attached hydrogens (tertiary/aromatic N) is 2. The highest BCUT2D eigenvalue weighted by atomic mass is 16.4. The number of carboxylic acids is 1.